The van der Waals surface area contributed by atoms with Gasteiger partial charge in [-0.3, -0.25) is 0 Å². The molecule has 1 N–H and O–H groups in total. The van der Waals surface area contributed by atoms with Crippen LogP contribution in [-0.2, 0) is 6.54 Å². The van der Waals surface area contributed by atoms with Crippen LogP contribution in [-0.4, -0.2) is 4.98 Å². The van der Waals surface area contributed by atoms with Crippen molar-refractivity contribution in [1.29, 1.82) is 0 Å². The number of halogens is 1. The number of thiophene rings is 1. The fourth-order valence-electron chi connectivity index (χ4n) is 1.24. The average Bonchev–Trinajstić information content (AvgIpc) is 2.64. The van der Waals surface area contributed by atoms with Crippen LogP contribution in [0.1, 0.15) is 9.75 Å². The molecule has 0 aliphatic rings. The van der Waals surface area contributed by atoms with E-state index in [1.165, 1.54) is 9.75 Å². The van der Waals surface area contributed by atoms with E-state index in [1.807, 2.05) is 12.1 Å². The highest BCUT2D eigenvalue weighted by Crippen LogP contribution is 2.16. The van der Waals surface area contributed by atoms with Crippen molar-refractivity contribution in [3.8, 4) is 0 Å². The highest BCUT2D eigenvalue weighted by atomic mass is 35.5. The van der Waals surface area contributed by atoms with Crippen LogP contribution < -0.4 is 5.32 Å². The Morgan fingerprint density at radius 3 is 2.80 bits per heavy atom. The zero-order valence-electron chi connectivity index (χ0n) is 8.33. The van der Waals surface area contributed by atoms with E-state index < -0.39 is 0 Å². The van der Waals surface area contributed by atoms with Crippen molar-refractivity contribution < 1.29 is 0 Å². The van der Waals surface area contributed by atoms with Gasteiger partial charge >= 0.3 is 0 Å². The minimum absolute atomic E-state index is 0.660. The van der Waals surface area contributed by atoms with Crippen molar-refractivity contribution in [1.82, 2.24) is 4.98 Å². The van der Waals surface area contributed by atoms with E-state index in [-0.39, 0.29) is 0 Å². The highest BCUT2D eigenvalue weighted by molar-refractivity contribution is 7.11. The van der Waals surface area contributed by atoms with Crippen molar-refractivity contribution in [2.75, 3.05) is 5.32 Å². The van der Waals surface area contributed by atoms with Gasteiger partial charge in [-0.15, -0.1) is 11.3 Å². The van der Waals surface area contributed by atoms with Crippen LogP contribution in [0.25, 0.3) is 0 Å². The maximum absolute atomic E-state index is 5.74. The molecular formula is C11H11ClN2S. The number of nitrogens with zero attached hydrogens (tertiary/aromatic N) is 1. The number of hydrogen-bond acceptors (Lipinski definition) is 3. The van der Waals surface area contributed by atoms with Crippen molar-refractivity contribution in [2.24, 2.45) is 0 Å². The molecule has 0 aliphatic carbocycles. The van der Waals surface area contributed by atoms with Crippen molar-refractivity contribution in [3.63, 3.8) is 0 Å². The molecule has 0 aliphatic heterocycles. The van der Waals surface area contributed by atoms with Crippen molar-refractivity contribution in [2.45, 2.75) is 13.5 Å². The van der Waals surface area contributed by atoms with Gasteiger partial charge in [0.1, 0.15) is 5.82 Å². The SMILES string of the molecule is Cc1ccc(CNc2ccc(Cl)cn2)s1. The molecule has 0 fully saturated rings. The van der Waals surface area contributed by atoms with Crippen LogP contribution in [0.3, 0.4) is 0 Å². The molecule has 0 bridgehead atoms. The molecule has 0 saturated heterocycles. The predicted molar refractivity (Wildman–Crippen MR) is 65.6 cm³/mol. The molecular weight excluding hydrogens is 228 g/mol. The van der Waals surface area contributed by atoms with E-state index >= 15 is 0 Å². The van der Waals surface area contributed by atoms with E-state index in [4.69, 9.17) is 11.6 Å². The summed E-state index contributed by atoms with van der Waals surface area (Å²) < 4.78 is 0. The molecule has 0 spiro atoms. The largest absolute Gasteiger partial charge is 0.365 e. The highest BCUT2D eigenvalue weighted by Gasteiger charge is 1.97. The molecule has 0 amide bonds. The van der Waals surface area contributed by atoms with Crippen LogP contribution >= 0.6 is 22.9 Å². The van der Waals surface area contributed by atoms with Gasteiger partial charge in [0.15, 0.2) is 0 Å². The zero-order valence-corrected chi connectivity index (χ0v) is 9.90. The first-order valence-corrected chi connectivity index (χ1v) is 5.84. The Kier molecular flexibility index (Phi) is 3.23. The fourth-order valence-corrected chi connectivity index (χ4v) is 2.18. The summed E-state index contributed by atoms with van der Waals surface area (Å²) in [5.74, 6) is 0.852. The summed E-state index contributed by atoms with van der Waals surface area (Å²) in [6.07, 6.45) is 1.64. The second kappa shape index (κ2) is 4.64. The van der Waals surface area contributed by atoms with Crippen LogP contribution in [0.2, 0.25) is 5.02 Å². The second-order valence-corrected chi connectivity index (χ2v) is 5.04. The van der Waals surface area contributed by atoms with E-state index in [0.29, 0.717) is 5.02 Å². The maximum Gasteiger partial charge on any atom is 0.126 e. The average molecular weight is 239 g/mol. The molecule has 15 heavy (non-hydrogen) atoms. The molecule has 4 heteroatoms. The molecule has 0 aromatic carbocycles. The number of rotatable bonds is 3. The molecule has 0 atom stereocenters. The predicted octanol–water partition coefficient (Wildman–Crippen LogP) is 3.72. The summed E-state index contributed by atoms with van der Waals surface area (Å²) in [6.45, 7) is 2.92. The minimum atomic E-state index is 0.660. The first-order valence-electron chi connectivity index (χ1n) is 4.65. The summed E-state index contributed by atoms with van der Waals surface area (Å²) >= 11 is 7.54. The summed E-state index contributed by atoms with van der Waals surface area (Å²) in [6, 6.07) is 7.96. The Hall–Kier alpha value is -1.06. The Balaban J connectivity index is 1.96. The Labute approximate surface area is 97.9 Å². The minimum Gasteiger partial charge on any atom is -0.365 e. The third kappa shape index (κ3) is 2.94. The van der Waals surface area contributed by atoms with Gasteiger partial charge in [-0.1, -0.05) is 11.6 Å². The quantitative estimate of drug-likeness (QED) is 0.882. The Morgan fingerprint density at radius 2 is 2.20 bits per heavy atom. The Morgan fingerprint density at radius 1 is 1.33 bits per heavy atom. The molecule has 0 radical (unpaired) electrons. The van der Waals surface area contributed by atoms with Gasteiger partial charge < -0.3 is 5.32 Å². The second-order valence-electron chi connectivity index (χ2n) is 3.23. The van der Waals surface area contributed by atoms with Crippen molar-refractivity contribution in [3.05, 3.63) is 45.2 Å². The summed E-state index contributed by atoms with van der Waals surface area (Å²) in [5, 5.41) is 3.90. The van der Waals surface area contributed by atoms with E-state index in [2.05, 4.69) is 29.4 Å². The lowest BCUT2D eigenvalue weighted by molar-refractivity contribution is 1.14. The number of aromatic nitrogens is 1. The molecule has 78 valence electrons. The number of hydrogen-bond donors (Lipinski definition) is 1. The van der Waals surface area contributed by atoms with Crippen LogP contribution in [0, 0.1) is 6.92 Å². The summed E-state index contributed by atoms with van der Waals surface area (Å²) in [7, 11) is 0. The monoisotopic (exact) mass is 238 g/mol. The van der Waals surface area contributed by atoms with Gasteiger partial charge in [-0.2, -0.15) is 0 Å². The van der Waals surface area contributed by atoms with Crippen LogP contribution in [0.5, 0.6) is 0 Å². The first kappa shape index (κ1) is 10.5. The lowest BCUT2D eigenvalue weighted by atomic mass is 10.4. The van der Waals surface area contributed by atoms with Crippen LogP contribution in [0.4, 0.5) is 5.82 Å². The standard InChI is InChI=1S/C11H11ClN2S/c1-8-2-4-10(15-8)7-14-11-5-3-9(12)6-13-11/h2-6H,7H2,1H3,(H,13,14). The maximum atomic E-state index is 5.74. The van der Waals surface area contributed by atoms with Crippen LogP contribution in [0.15, 0.2) is 30.5 Å². The third-order valence-electron chi connectivity index (χ3n) is 1.97. The summed E-state index contributed by atoms with van der Waals surface area (Å²) in [4.78, 5) is 6.80. The van der Waals surface area contributed by atoms with Gasteiger partial charge in [0.25, 0.3) is 0 Å². The fraction of sp³-hybridized carbons (Fsp3) is 0.182. The number of anilines is 1. The smallest absolute Gasteiger partial charge is 0.126 e. The molecule has 2 heterocycles. The third-order valence-corrected chi connectivity index (χ3v) is 3.19. The number of aryl methyl sites for hydroxylation is 1. The number of pyridine rings is 1. The Bertz CT molecular complexity index is 436. The molecule has 2 rings (SSSR count). The zero-order chi connectivity index (χ0) is 10.7. The van der Waals surface area contributed by atoms with E-state index in [1.54, 1.807) is 17.5 Å². The lowest BCUT2D eigenvalue weighted by Gasteiger charge is -2.02. The molecule has 0 unspecified atom stereocenters. The molecule has 2 nitrogen and oxygen atoms in total. The topological polar surface area (TPSA) is 24.9 Å². The number of nitrogens with one attached hydrogen (secondary N) is 1. The normalized spacial score (nSPS) is 10.3. The first-order chi connectivity index (χ1) is 7.24. The van der Waals surface area contributed by atoms with Gasteiger partial charge in [-0.25, -0.2) is 4.98 Å². The van der Waals surface area contributed by atoms with Gasteiger partial charge in [-0.05, 0) is 31.2 Å². The van der Waals surface area contributed by atoms with E-state index in [0.717, 1.165) is 12.4 Å². The summed E-state index contributed by atoms with van der Waals surface area (Å²) in [5.41, 5.74) is 0. The lowest BCUT2D eigenvalue weighted by Crippen LogP contribution is -1.98. The van der Waals surface area contributed by atoms with Gasteiger partial charge in [0.05, 0.1) is 11.6 Å². The molecule has 0 saturated carbocycles. The van der Waals surface area contributed by atoms with Gasteiger partial charge in [0.2, 0.25) is 0 Å². The molecule has 2 aromatic rings. The van der Waals surface area contributed by atoms with Gasteiger partial charge in [0, 0.05) is 16.0 Å². The van der Waals surface area contributed by atoms with Crippen molar-refractivity contribution >= 4 is 28.8 Å². The van der Waals surface area contributed by atoms with E-state index in [9.17, 15) is 0 Å². The molecule has 2 aromatic heterocycles.